The maximum absolute atomic E-state index is 10.9. The first kappa shape index (κ1) is 9.21. The second-order valence-electron chi connectivity index (χ2n) is 2.84. The minimum Gasteiger partial charge on any atom is -0.269 e. The molecule has 1 aromatic heterocycles. The normalized spacial score (nSPS) is 12.3. The van der Waals surface area contributed by atoms with Crippen LogP contribution in [0.4, 0.5) is 0 Å². The van der Waals surface area contributed by atoms with E-state index < -0.39 is 10.0 Å². The molecule has 0 unspecified atom stereocenters. The van der Waals surface area contributed by atoms with Gasteiger partial charge < -0.3 is 0 Å². The van der Waals surface area contributed by atoms with Crippen LogP contribution in [0.15, 0.2) is 17.3 Å². The van der Waals surface area contributed by atoms with Gasteiger partial charge in [0.1, 0.15) is 0 Å². The first-order valence-electron chi connectivity index (χ1n) is 3.54. The van der Waals surface area contributed by atoms with Gasteiger partial charge in [-0.15, -0.1) is 0 Å². The van der Waals surface area contributed by atoms with E-state index in [2.05, 4.69) is 10.2 Å². The van der Waals surface area contributed by atoms with Crippen LogP contribution in [-0.2, 0) is 10.0 Å². The summed E-state index contributed by atoms with van der Waals surface area (Å²) < 4.78 is 23.3. The molecule has 0 saturated carbocycles. The summed E-state index contributed by atoms with van der Waals surface area (Å²) in [6.45, 7) is 3.85. The summed E-state index contributed by atoms with van der Waals surface area (Å²) in [7, 11) is -3.40. The van der Waals surface area contributed by atoms with Crippen molar-refractivity contribution in [3.8, 4) is 0 Å². The third-order valence-corrected chi connectivity index (χ3v) is 2.29. The molecule has 0 aromatic carbocycles. The lowest BCUT2D eigenvalue weighted by atomic mass is 10.4. The van der Waals surface area contributed by atoms with Gasteiger partial charge >= 0.3 is 10.0 Å². The molecule has 3 N–H and O–H groups in total. The fourth-order valence-corrected chi connectivity index (χ4v) is 1.26. The van der Waals surface area contributed by atoms with Gasteiger partial charge in [0.2, 0.25) is 5.03 Å². The molecule has 1 aromatic rings. The highest BCUT2D eigenvalue weighted by Gasteiger charge is 2.15. The van der Waals surface area contributed by atoms with Crippen molar-refractivity contribution in [2.45, 2.75) is 24.9 Å². The second-order valence-corrected chi connectivity index (χ2v) is 4.49. The molecule has 68 valence electrons. The number of nitrogens with zero attached hydrogens (tertiary/aromatic N) is 2. The van der Waals surface area contributed by atoms with Crippen molar-refractivity contribution >= 4 is 10.0 Å². The zero-order valence-corrected chi connectivity index (χ0v) is 7.87. The van der Waals surface area contributed by atoms with Gasteiger partial charge in [0, 0.05) is 18.3 Å². The van der Waals surface area contributed by atoms with Gasteiger partial charge in [-0.1, -0.05) is 0 Å². The molecular weight excluding hydrogens is 178 g/mol. The van der Waals surface area contributed by atoms with Crippen LogP contribution < -0.4 is 5.14 Å². The number of hydrogen-bond acceptors (Lipinski definition) is 3. The molecule has 0 aliphatic rings. The number of quaternary nitrogens is 1. The number of aromatic nitrogens is 2. The van der Waals surface area contributed by atoms with Crippen LogP contribution in [0.1, 0.15) is 19.9 Å². The summed E-state index contributed by atoms with van der Waals surface area (Å²) >= 11 is 0. The van der Waals surface area contributed by atoms with Crippen LogP contribution in [0, 0.1) is 0 Å². The zero-order chi connectivity index (χ0) is 9.35. The lowest BCUT2D eigenvalue weighted by Crippen LogP contribution is -2.56. The predicted octanol–water partition coefficient (Wildman–Crippen LogP) is -0.605. The van der Waals surface area contributed by atoms with Gasteiger partial charge in [-0.05, 0) is 13.8 Å². The highest BCUT2D eigenvalue weighted by atomic mass is 32.2. The van der Waals surface area contributed by atoms with Crippen molar-refractivity contribution in [1.29, 1.82) is 0 Å². The molecule has 0 aliphatic carbocycles. The maximum Gasteiger partial charge on any atom is 0.341 e. The Morgan fingerprint density at radius 3 is 2.42 bits per heavy atom. The predicted molar refractivity (Wildman–Crippen MR) is 42.7 cm³/mol. The van der Waals surface area contributed by atoms with Crippen molar-refractivity contribution in [1.82, 2.24) is 9.78 Å². The number of hydrogen-bond donors (Lipinski definition) is 1. The Morgan fingerprint density at radius 2 is 2.17 bits per heavy atom. The molecule has 12 heavy (non-hydrogen) atoms. The average molecular weight is 190 g/mol. The smallest absolute Gasteiger partial charge is 0.269 e. The second kappa shape index (κ2) is 2.87. The Bertz CT molecular complexity index is 366. The highest BCUT2D eigenvalue weighted by molar-refractivity contribution is 7.84. The van der Waals surface area contributed by atoms with E-state index in [0.717, 1.165) is 0 Å². The van der Waals surface area contributed by atoms with Crippen molar-refractivity contribution < 1.29 is 13.6 Å². The van der Waals surface area contributed by atoms with Crippen LogP contribution >= 0.6 is 0 Å². The Labute approximate surface area is 71.2 Å². The van der Waals surface area contributed by atoms with E-state index in [1.165, 1.54) is 6.07 Å². The van der Waals surface area contributed by atoms with Gasteiger partial charge in [0.05, 0.1) is 0 Å². The quantitative estimate of drug-likeness (QED) is 0.676. The fourth-order valence-electron chi connectivity index (χ4n) is 0.774. The van der Waals surface area contributed by atoms with Crippen molar-refractivity contribution in [2.24, 2.45) is 0 Å². The molecule has 0 saturated heterocycles. The van der Waals surface area contributed by atoms with Crippen molar-refractivity contribution in [3.05, 3.63) is 12.3 Å². The topological polar surface area (TPSA) is 79.6 Å². The number of rotatable bonds is 2. The molecule has 6 heteroatoms. The first-order valence-corrected chi connectivity index (χ1v) is 5.20. The van der Waals surface area contributed by atoms with Crippen molar-refractivity contribution in [3.63, 3.8) is 0 Å². The summed E-state index contributed by atoms with van der Waals surface area (Å²) in [5.41, 5.74) is 0. The van der Waals surface area contributed by atoms with E-state index in [-0.39, 0.29) is 11.1 Å². The third kappa shape index (κ3) is 1.83. The Morgan fingerprint density at radius 1 is 1.58 bits per heavy atom. The van der Waals surface area contributed by atoms with Crippen molar-refractivity contribution in [2.75, 3.05) is 0 Å². The van der Waals surface area contributed by atoms with Gasteiger partial charge in [0.25, 0.3) is 0 Å². The van der Waals surface area contributed by atoms with E-state index in [9.17, 15) is 8.42 Å². The Kier molecular flexibility index (Phi) is 2.20. The summed E-state index contributed by atoms with van der Waals surface area (Å²) in [4.78, 5) is 0. The largest absolute Gasteiger partial charge is 0.341 e. The summed E-state index contributed by atoms with van der Waals surface area (Å²) in [6, 6.07) is 1.61. The summed E-state index contributed by atoms with van der Waals surface area (Å²) in [5, 5.41) is 6.88. The zero-order valence-electron chi connectivity index (χ0n) is 7.06. The molecule has 1 heterocycles. The molecule has 0 amide bonds. The maximum atomic E-state index is 10.9. The Balaban J connectivity index is 3.09. The molecule has 0 atom stereocenters. The van der Waals surface area contributed by atoms with E-state index in [4.69, 9.17) is 0 Å². The van der Waals surface area contributed by atoms with Gasteiger partial charge in [0.15, 0.2) is 0 Å². The van der Waals surface area contributed by atoms with Crippen LogP contribution in [0.25, 0.3) is 0 Å². The molecule has 0 radical (unpaired) electrons. The minimum atomic E-state index is -3.40. The summed E-state index contributed by atoms with van der Waals surface area (Å²) in [5.74, 6) is 0. The first-order chi connectivity index (χ1) is 5.41. The average Bonchev–Trinajstić information content (AvgIpc) is 2.30. The van der Waals surface area contributed by atoms with Gasteiger partial charge in [-0.2, -0.15) is 13.5 Å². The van der Waals surface area contributed by atoms with E-state index in [1.807, 2.05) is 13.8 Å². The van der Waals surface area contributed by atoms with Crippen LogP contribution in [0.5, 0.6) is 0 Å². The van der Waals surface area contributed by atoms with E-state index in [1.54, 1.807) is 10.9 Å². The molecule has 5 nitrogen and oxygen atoms in total. The van der Waals surface area contributed by atoms with Crippen LogP contribution in [-0.4, -0.2) is 18.2 Å². The lowest BCUT2D eigenvalue weighted by molar-refractivity contribution is -0.165. The molecule has 1 rings (SSSR count). The minimum absolute atomic E-state index is 0.0243. The standard InChI is InChI=1S/C6H11N3O2S/c1-5(2)9-4-3-6(8-9)12(7,10)11/h3-5H,1-2H3,(H2,7,10,11)/p+1. The van der Waals surface area contributed by atoms with E-state index >= 15 is 0 Å². The molecule has 0 spiro atoms. The summed E-state index contributed by atoms with van der Waals surface area (Å²) in [6.07, 6.45) is 1.63. The molecule has 0 fully saturated rings. The van der Waals surface area contributed by atoms with E-state index in [0.29, 0.717) is 0 Å². The fraction of sp³-hybridized carbons (Fsp3) is 0.500. The van der Waals surface area contributed by atoms with Gasteiger partial charge in [-0.3, -0.25) is 4.68 Å². The number of sulfonamides is 1. The van der Waals surface area contributed by atoms with Crippen LogP contribution in [0.2, 0.25) is 0 Å². The Hall–Kier alpha value is -0.880. The SMILES string of the molecule is CC(C)n1ccc(S([NH3+])(=O)=O)n1. The van der Waals surface area contributed by atoms with Gasteiger partial charge in [-0.25, -0.2) is 5.14 Å². The third-order valence-electron chi connectivity index (χ3n) is 1.43. The lowest BCUT2D eigenvalue weighted by Gasteiger charge is -2.02. The van der Waals surface area contributed by atoms with Crippen LogP contribution in [0.3, 0.4) is 0 Å². The molecule has 0 bridgehead atoms. The molecular formula is C6H12N3O2S+. The highest BCUT2D eigenvalue weighted by Crippen LogP contribution is 2.06. The monoisotopic (exact) mass is 190 g/mol. The molecule has 0 aliphatic heterocycles.